The van der Waals surface area contributed by atoms with Crippen LogP contribution < -0.4 is 0 Å². The highest BCUT2D eigenvalue weighted by Gasteiger charge is 2.14. The lowest BCUT2D eigenvalue weighted by molar-refractivity contribution is 0.443. The molecule has 0 spiro atoms. The summed E-state index contributed by atoms with van der Waals surface area (Å²) in [5.41, 5.74) is 0.741. The van der Waals surface area contributed by atoms with Gasteiger partial charge in [-0.1, -0.05) is 13.0 Å². The largest absolute Gasteiger partial charge is 0.506 e. The van der Waals surface area contributed by atoms with Crippen LogP contribution in [0.25, 0.3) is 0 Å². The molecule has 0 saturated carbocycles. The second-order valence-electron chi connectivity index (χ2n) is 2.63. The van der Waals surface area contributed by atoms with Crippen LogP contribution in [0.4, 0.5) is 0 Å². The standard InChI is InChI=1S/C8H10O4S/c1-2-6-3-4-7(9)8(5-6)13(10,11)12/h3-5,9H,2H2,1H3,(H,10,11,12). The summed E-state index contributed by atoms with van der Waals surface area (Å²) < 4.78 is 30.1. The van der Waals surface area contributed by atoms with Crippen LogP contribution in [-0.2, 0) is 16.5 Å². The summed E-state index contributed by atoms with van der Waals surface area (Å²) >= 11 is 0. The van der Waals surface area contributed by atoms with E-state index in [9.17, 15) is 8.42 Å². The van der Waals surface area contributed by atoms with E-state index in [0.29, 0.717) is 6.42 Å². The lowest BCUT2D eigenvalue weighted by atomic mass is 10.2. The fraction of sp³-hybridized carbons (Fsp3) is 0.250. The van der Waals surface area contributed by atoms with Gasteiger partial charge in [-0.25, -0.2) is 0 Å². The second kappa shape index (κ2) is 3.35. The third-order valence-electron chi connectivity index (χ3n) is 1.71. The molecule has 5 heteroatoms. The van der Waals surface area contributed by atoms with Gasteiger partial charge in [0.1, 0.15) is 10.6 Å². The molecule has 1 aromatic carbocycles. The van der Waals surface area contributed by atoms with E-state index in [1.165, 1.54) is 12.1 Å². The first-order chi connectivity index (χ1) is 5.95. The maximum Gasteiger partial charge on any atom is 0.298 e. The van der Waals surface area contributed by atoms with E-state index in [1.54, 1.807) is 6.07 Å². The fourth-order valence-corrected chi connectivity index (χ4v) is 1.62. The van der Waals surface area contributed by atoms with Crippen LogP contribution in [-0.4, -0.2) is 18.1 Å². The lowest BCUT2D eigenvalue weighted by Crippen LogP contribution is -1.99. The minimum atomic E-state index is -4.32. The molecule has 0 atom stereocenters. The Kier molecular flexibility index (Phi) is 2.58. The van der Waals surface area contributed by atoms with Crippen LogP contribution in [0.3, 0.4) is 0 Å². The predicted molar refractivity (Wildman–Crippen MR) is 47.3 cm³/mol. The number of hydrogen-bond donors (Lipinski definition) is 2. The maximum atomic E-state index is 10.7. The molecule has 0 heterocycles. The van der Waals surface area contributed by atoms with Gasteiger partial charge < -0.3 is 5.11 Å². The molecule has 13 heavy (non-hydrogen) atoms. The molecule has 72 valence electrons. The van der Waals surface area contributed by atoms with Gasteiger partial charge in [0.05, 0.1) is 0 Å². The minimum absolute atomic E-state index is 0.431. The molecule has 0 fully saturated rings. The molecule has 0 aliphatic heterocycles. The Morgan fingerprint density at radius 3 is 2.46 bits per heavy atom. The lowest BCUT2D eigenvalue weighted by Gasteiger charge is -2.02. The van der Waals surface area contributed by atoms with Gasteiger partial charge in [0, 0.05) is 0 Å². The van der Waals surface area contributed by atoms with Crippen molar-refractivity contribution in [2.45, 2.75) is 18.2 Å². The van der Waals surface area contributed by atoms with Crippen LogP contribution in [0.2, 0.25) is 0 Å². The van der Waals surface area contributed by atoms with Gasteiger partial charge in [-0.05, 0) is 24.1 Å². The first-order valence-corrected chi connectivity index (χ1v) is 5.18. The summed E-state index contributed by atoms with van der Waals surface area (Å²) in [4.78, 5) is -0.438. The van der Waals surface area contributed by atoms with Gasteiger partial charge in [0.2, 0.25) is 0 Å². The Bertz CT molecular complexity index is 408. The number of benzene rings is 1. The van der Waals surface area contributed by atoms with Crippen molar-refractivity contribution in [1.29, 1.82) is 0 Å². The van der Waals surface area contributed by atoms with E-state index in [2.05, 4.69) is 0 Å². The molecule has 0 aliphatic carbocycles. The maximum absolute atomic E-state index is 10.7. The topological polar surface area (TPSA) is 74.6 Å². The average Bonchev–Trinajstić information content (AvgIpc) is 2.03. The van der Waals surface area contributed by atoms with Gasteiger partial charge in [-0.2, -0.15) is 8.42 Å². The molecule has 0 bridgehead atoms. The predicted octanol–water partition coefficient (Wildman–Crippen LogP) is 1.20. The van der Waals surface area contributed by atoms with Crippen LogP contribution in [0.1, 0.15) is 12.5 Å². The number of phenolic OH excluding ortho intramolecular Hbond substituents is 1. The molecule has 0 amide bonds. The normalized spacial score (nSPS) is 11.5. The average molecular weight is 202 g/mol. The zero-order valence-electron chi connectivity index (χ0n) is 7.06. The van der Waals surface area contributed by atoms with Crippen LogP contribution in [0, 0.1) is 0 Å². The molecule has 0 unspecified atom stereocenters. The summed E-state index contributed by atoms with van der Waals surface area (Å²) in [7, 11) is -4.32. The van der Waals surface area contributed by atoms with E-state index in [1.807, 2.05) is 6.92 Å². The van der Waals surface area contributed by atoms with Crippen LogP contribution >= 0.6 is 0 Å². The number of aromatic hydroxyl groups is 1. The summed E-state index contributed by atoms with van der Waals surface area (Å²) in [6.45, 7) is 1.85. The molecular formula is C8H10O4S. The van der Waals surface area contributed by atoms with Crippen molar-refractivity contribution >= 4 is 10.1 Å². The molecular weight excluding hydrogens is 192 g/mol. The third kappa shape index (κ3) is 2.19. The van der Waals surface area contributed by atoms with E-state index < -0.39 is 20.8 Å². The van der Waals surface area contributed by atoms with Crippen LogP contribution in [0.5, 0.6) is 5.75 Å². The molecule has 0 aromatic heterocycles. The molecule has 1 aromatic rings. The van der Waals surface area contributed by atoms with E-state index in [0.717, 1.165) is 5.56 Å². The first-order valence-electron chi connectivity index (χ1n) is 3.74. The van der Waals surface area contributed by atoms with E-state index in [-0.39, 0.29) is 0 Å². The van der Waals surface area contributed by atoms with E-state index in [4.69, 9.17) is 9.66 Å². The Hall–Kier alpha value is -1.07. The Balaban J connectivity index is 3.36. The Morgan fingerprint density at radius 1 is 1.38 bits per heavy atom. The highest BCUT2D eigenvalue weighted by molar-refractivity contribution is 7.86. The Labute approximate surface area is 76.6 Å². The summed E-state index contributed by atoms with van der Waals surface area (Å²) in [5.74, 6) is -0.431. The van der Waals surface area contributed by atoms with Crippen molar-refractivity contribution in [3.63, 3.8) is 0 Å². The van der Waals surface area contributed by atoms with Crippen molar-refractivity contribution in [2.75, 3.05) is 0 Å². The Morgan fingerprint density at radius 2 is 2.00 bits per heavy atom. The van der Waals surface area contributed by atoms with Crippen LogP contribution in [0.15, 0.2) is 23.1 Å². The highest BCUT2D eigenvalue weighted by Crippen LogP contribution is 2.23. The van der Waals surface area contributed by atoms with Crippen molar-refractivity contribution in [2.24, 2.45) is 0 Å². The summed E-state index contributed by atoms with van der Waals surface area (Å²) in [6.07, 6.45) is 0.642. The number of hydrogen-bond acceptors (Lipinski definition) is 3. The fourth-order valence-electron chi connectivity index (χ4n) is 0.985. The highest BCUT2D eigenvalue weighted by atomic mass is 32.2. The smallest absolute Gasteiger partial charge is 0.298 e. The van der Waals surface area contributed by atoms with Gasteiger partial charge in [-0.15, -0.1) is 0 Å². The molecule has 0 aliphatic rings. The third-order valence-corrected chi connectivity index (χ3v) is 2.59. The van der Waals surface area contributed by atoms with E-state index >= 15 is 0 Å². The molecule has 4 nitrogen and oxygen atoms in total. The molecule has 0 saturated heterocycles. The van der Waals surface area contributed by atoms with Gasteiger partial charge in [0.15, 0.2) is 0 Å². The zero-order chi connectivity index (χ0) is 10.1. The number of rotatable bonds is 2. The number of aryl methyl sites for hydroxylation is 1. The van der Waals surface area contributed by atoms with Crippen molar-refractivity contribution < 1.29 is 18.1 Å². The van der Waals surface area contributed by atoms with Crippen molar-refractivity contribution in [3.8, 4) is 5.75 Å². The molecule has 1 rings (SSSR count). The van der Waals surface area contributed by atoms with Gasteiger partial charge in [-0.3, -0.25) is 4.55 Å². The minimum Gasteiger partial charge on any atom is -0.506 e. The summed E-state index contributed by atoms with van der Waals surface area (Å²) in [6, 6.07) is 4.11. The van der Waals surface area contributed by atoms with Crippen molar-refractivity contribution in [3.05, 3.63) is 23.8 Å². The van der Waals surface area contributed by atoms with Crippen molar-refractivity contribution in [1.82, 2.24) is 0 Å². The molecule has 2 N–H and O–H groups in total. The van der Waals surface area contributed by atoms with Gasteiger partial charge in [0.25, 0.3) is 10.1 Å². The molecule has 0 radical (unpaired) electrons. The second-order valence-corrected chi connectivity index (χ2v) is 4.02. The van der Waals surface area contributed by atoms with Gasteiger partial charge >= 0.3 is 0 Å². The first kappa shape index (κ1) is 10.0. The SMILES string of the molecule is CCc1ccc(O)c(S(=O)(=O)O)c1. The zero-order valence-corrected chi connectivity index (χ0v) is 7.87. The quantitative estimate of drug-likeness (QED) is 0.707. The summed E-state index contributed by atoms with van der Waals surface area (Å²) in [5, 5.41) is 9.13. The monoisotopic (exact) mass is 202 g/mol. The number of phenols is 1.